The molecule has 3 atom stereocenters. The number of hydrogen-bond acceptors (Lipinski definition) is 5. The Hall–Kier alpha value is -3.12. The summed E-state index contributed by atoms with van der Waals surface area (Å²) in [6.07, 6.45) is 11.6. The molecule has 0 bridgehead atoms. The van der Waals surface area contributed by atoms with Crippen LogP contribution < -0.4 is 4.74 Å². The summed E-state index contributed by atoms with van der Waals surface area (Å²) in [6, 6.07) is 17.1. The molecule has 0 aliphatic carbocycles. The van der Waals surface area contributed by atoms with Crippen molar-refractivity contribution < 1.29 is 23.8 Å². The van der Waals surface area contributed by atoms with Gasteiger partial charge >= 0.3 is 5.97 Å². The molecule has 0 N–H and O–H groups in total. The van der Waals surface area contributed by atoms with Crippen molar-refractivity contribution in [2.45, 2.75) is 90.4 Å². The van der Waals surface area contributed by atoms with Gasteiger partial charge < -0.3 is 19.1 Å². The molecular weight excluding hydrogens is 502 g/mol. The Balaban J connectivity index is 1.60. The van der Waals surface area contributed by atoms with E-state index in [9.17, 15) is 9.59 Å². The van der Waals surface area contributed by atoms with Crippen LogP contribution in [0.2, 0.25) is 0 Å². The van der Waals surface area contributed by atoms with Crippen LogP contribution in [0.1, 0.15) is 76.3 Å². The van der Waals surface area contributed by atoms with Crippen LogP contribution in [0.25, 0.3) is 0 Å². The zero-order valence-corrected chi connectivity index (χ0v) is 24.6. The summed E-state index contributed by atoms with van der Waals surface area (Å²) in [5.41, 5.74) is 2.09. The Bertz CT molecular complexity index is 1040. The number of esters is 1. The van der Waals surface area contributed by atoms with Crippen molar-refractivity contribution in [2.24, 2.45) is 5.92 Å². The number of ether oxygens (including phenoxy) is 3. The first-order chi connectivity index (χ1) is 19.5. The number of cyclic esters (lactones) is 1. The van der Waals surface area contributed by atoms with Gasteiger partial charge in [0.05, 0.1) is 13.2 Å². The molecule has 1 aliphatic rings. The molecule has 6 heteroatoms. The predicted octanol–water partition coefficient (Wildman–Crippen LogP) is 6.91. The summed E-state index contributed by atoms with van der Waals surface area (Å²) in [7, 11) is 1.72. The normalized spacial score (nSPS) is 21.6. The first-order valence-corrected chi connectivity index (χ1v) is 14.9. The van der Waals surface area contributed by atoms with Gasteiger partial charge in [-0.25, -0.2) is 4.79 Å². The Morgan fingerprint density at radius 3 is 2.48 bits per heavy atom. The number of carbonyl (C=O) groups excluding carboxylic acids is 2. The number of nitrogens with zero attached hydrogens (tertiary/aromatic N) is 1. The lowest BCUT2D eigenvalue weighted by Crippen LogP contribution is -2.45. The Morgan fingerprint density at radius 2 is 1.73 bits per heavy atom. The Kier molecular flexibility index (Phi) is 13.8. The third-order valence-electron chi connectivity index (χ3n) is 7.44. The number of hydrogen-bond donors (Lipinski definition) is 0. The molecule has 2 unspecified atom stereocenters. The number of amides is 1. The summed E-state index contributed by atoms with van der Waals surface area (Å²) < 4.78 is 17.6. The van der Waals surface area contributed by atoms with E-state index >= 15 is 0 Å². The van der Waals surface area contributed by atoms with Crippen molar-refractivity contribution in [3.63, 3.8) is 0 Å². The van der Waals surface area contributed by atoms with Crippen molar-refractivity contribution >= 4 is 11.9 Å². The standard InChI is InChI=1S/C34H47NO5/c1-4-5-7-15-31-20-17-27(2)12-10-11-16-33(36)35(3)32(34(37)40-31)25-28-18-21-30(22-19-28)39-24-23-38-26-29-13-8-6-9-14-29/h6,8-10,12-14,18-19,21-22,27,31-32H,4-5,7,11,15-17,20,23-26H2,1-3H3/b12-10-/t27-,31?,32?/m1/s1. The van der Waals surface area contributed by atoms with Crippen molar-refractivity contribution in [3.8, 4) is 5.75 Å². The van der Waals surface area contributed by atoms with Crippen molar-refractivity contribution in [2.75, 3.05) is 20.3 Å². The molecule has 1 aliphatic heterocycles. The molecule has 0 saturated carbocycles. The van der Waals surface area contributed by atoms with E-state index in [0.29, 0.717) is 45.0 Å². The van der Waals surface area contributed by atoms with Gasteiger partial charge in [0.1, 0.15) is 24.5 Å². The smallest absolute Gasteiger partial charge is 0.329 e. The quantitative estimate of drug-likeness (QED) is 0.164. The molecule has 1 heterocycles. The highest BCUT2D eigenvalue weighted by atomic mass is 16.5. The lowest BCUT2D eigenvalue weighted by atomic mass is 9.99. The van der Waals surface area contributed by atoms with Gasteiger partial charge in [0.2, 0.25) is 5.91 Å². The molecule has 0 radical (unpaired) electrons. The van der Waals surface area contributed by atoms with E-state index in [4.69, 9.17) is 14.2 Å². The maximum Gasteiger partial charge on any atom is 0.329 e. The number of rotatable bonds is 12. The topological polar surface area (TPSA) is 65.1 Å². The summed E-state index contributed by atoms with van der Waals surface area (Å²) in [4.78, 5) is 28.1. The van der Waals surface area contributed by atoms with Crippen molar-refractivity contribution in [3.05, 3.63) is 77.9 Å². The molecule has 6 nitrogen and oxygen atoms in total. The van der Waals surface area contributed by atoms with E-state index < -0.39 is 6.04 Å². The fraction of sp³-hybridized carbons (Fsp3) is 0.529. The Labute approximate surface area is 240 Å². The van der Waals surface area contributed by atoms with Crippen LogP contribution in [-0.2, 0) is 32.1 Å². The molecule has 218 valence electrons. The van der Waals surface area contributed by atoms with E-state index in [1.807, 2.05) is 54.6 Å². The second-order valence-corrected chi connectivity index (χ2v) is 10.8. The van der Waals surface area contributed by atoms with Gasteiger partial charge in [-0.05, 0) is 61.3 Å². The lowest BCUT2D eigenvalue weighted by molar-refractivity contribution is -0.159. The van der Waals surface area contributed by atoms with Crippen LogP contribution in [0.15, 0.2) is 66.7 Å². The number of likely N-dealkylation sites (N-methyl/N-ethyl adjacent to an activating group) is 1. The molecule has 0 fully saturated rings. The van der Waals surface area contributed by atoms with Crippen molar-refractivity contribution in [1.82, 2.24) is 4.90 Å². The highest BCUT2D eigenvalue weighted by molar-refractivity contribution is 5.84. The van der Waals surface area contributed by atoms with Crippen LogP contribution in [-0.4, -0.2) is 49.2 Å². The minimum Gasteiger partial charge on any atom is -0.491 e. The van der Waals surface area contributed by atoms with Gasteiger partial charge in [-0.2, -0.15) is 0 Å². The summed E-state index contributed by atoms with van der Waals surface area (Å²) in [5, 5.41) is 0. The van der Waals surface area contributed by atoms with Crippen molar-refractivity contribution in [1.29, 1.82) is 0 Å². The molecular formula is C34H47NO5. The molecule has 0 saturated heterocycles. The fourth-order valence-corrected chi connectivity index (χ4v) is 4.86. The highest BCUT2D eigenvalue weighted by Crippen LogP contribution is 2.21. The van der Waals surface area contributed by atoms with E-state index in [1.54, 1.807) is 11.9 Å². The number of benzene rings is 2. The number of allylic oxidation sites excluding steroid dienone is 2. The SMILES string of the molecule is CCCCCC1CC[C@H](C)/C=C\CCC(=O)N(C)C(Cc2ccc(OCCOCc3ccccc3)cc2)C(=O)O1. The Morgan fingerprint density at radius 1 is 0.950 bits per heavy atom. The van der Waals surface area contributed by atoms with Gasteiger partial charge in [0.25, 0.3) is 0 Å². The summed E-state index contributed by atoms with van der Waals surface area (Å²) in [5.74, 6) is 0.781. The largest absolute Gasteiger partial charge is 0.491 e. The van der Waals surface area contributed by atoms with Crippen LogP contribution in [0, 0.1) is 5.92 Å². The van der Waals surface area contributed by atoms with Crippen LogP contribution >= 0.6 is 0 Å². The summed E-state index contributed by atoms with van der Waals surface area (Å²) in [6.45, 7) is 5.86. The van der Waals surface area contributed by atoms with Gasteiger partial charge in [-0.1, -0.05) is 81.3 Å². The van der Waals surface area contributed by atoms with Gasteiger partial charge in [0, 0.05) is 19.9 Å². The molecule has 0 aromatic heterocycles. The minimum absolute atomic E-state index is 0.0449. The third kappa shape index (κ3) is 11.2. The van der Waals surface area contributed by atoms with E-state index in [0.717, 1.165) is 55.4 Å². The van der Waals surface area contributed by atoms with Gasteiger partial charge in [0.15, 0.2) is 0 Å². The maximum absolute atomic E-state index is 13.5. The monoisotopic (exact) mass is 549 g/mol. The zero-order chi connectivity index (χ0) is 28.6. The van der Waals surface area contributed by atoms with E-state index in [2.05, 4.69) is 26.0 Å². The van der Waals surface area contributed by atoms with Crippen LogP contribution in [0.4, 0.5) is 0 Å². The van der Waals surface area contributed by atoms with Gasteiger partial charge in [-0.3, -0.25) is 4.79 Å². The molecule has 1 amide bonds. The first kappa shape index (κ1) is 31.4. The van der Waals surface area contributed by atoms with Crippen LogP contribution in [0.3, 0.4) is 0 Å². The molecule has 0 spiro atoms. The fourth-order valence-electron chi connectivity index (χ4n) is 4.86. The van der Waals surface area contributed by atoms with E-state index in [-0.39, 0.29) is 18.0 Å². The minimum atomic E-state index is -0.665. The third-order valence-corrected chi connectivity index (χ3v) is 7.44. The maximum atomic E-state index is 13.5. The molecule has 3 rings (SSSR count). The average Bonchev–Trinajstić information content (AvgIpc) is 2.97. The number of carbonyl (C=O) groups is 2. The molecule has 2 aromatic carbocycles. The first-order valence-electron chi connectivity index (χ1n) is 14.9. The lowest BCUT2D eigenvalue weighted by Gasteiger charge is -2.29. The molecule has 2 aromatic rings. The van der Waals surface area contributed by atoms with E-state index in [1.165, 1.54) is 0 Å². The molecule has 40 heavy (non-hydrogen) atoms. The van der Waals surface area contributed by atoms with Gasteiger partial charge in [-0.15, -0.1) is 0 Å². The highest BCUT2D eigenvalue weighted by Gasteiger charge is 2.30. The summed E-state index contributed by atoms with van der Waals surface area (Å²) >= 11 is 0. The van der Waals surface area contributed by atoms with Crippen LogP contribution in [0.5, 0.6) is 5.75 Å². The second-order valence-electron chi connectivity index (χ2n) is 10.8. The number of unbranched alkanes of at least 4 members (excludes halogenated alkanes) is 2. The predicted molar refractivity (Wildman–Crippen MR) is 159 cm³/mol. The average molecular weight is 550 g/mol. The second kappa shape index (κ2) is 17.5. The zero-order valence-electron chi connectivity index (χ0n) is 24.6.